The summed E-state index contributed by atoms with van der Waals surface area (Å²) in [6.07, 6.45) is 0. The van der Waals surface area contributed by atoms with Gasteiger partial charge in [-0.2, -0.15) is 0 Å². The molecular formula is C15H13ClFNO2. The fourth-order valence-electron chi connectivity index (χ4n) is 1.87. The van der Waals surface area contributed by atoms with Crippen LogP contribution < -0.4 is 4.90 Å². The lowest BCUT2D eigenvalue weighted by atomic mass is 10.1. The Balaban J connectivity index is 2.19. The van der Waals surface area contributed by atoms with Gasteiger partial charge in [-0.3, -0.25) is 0 Å². The van der Waals surface area contributed by atoms with Gasteiger partial charge in [-0.25, -0.2) is 9.18 Å². The number of aromatic carboxylic acids is 1. The van der Waals surface area contributed by atoms with Crippen LogP contribution in [-0.4, -0.2) is 18.1 Å². The Morgan fingerprint density at radius 1 is 1.30 bits per heavy atom. The molecule has 20 heavy (non-hydrogen) atoms. The highest BCUT2D eigenvalue weighted by atomic mass is 35.5. The molecule has 0 heterocycles. The number of hydrogen-bond donors (Lipinski definition) is 1. The van der Waals surface area contributed by atoms with Gasteiger partial charge in [0.2, 0.25) is 0 Å². The largest absolute Gasteiger partial charge is 0.478 e. The maximum Gasteiger partial charge on any atom is 0.335 e. The highest BCUT2D eigenvalue weighted by Gasteiger charge is 2.09. The average Bonchev–Trinajstić information content (AvgIpc) is 2.40. The van der Waals surface area contributed by atoms with E-state index in [0.717, 1.165) is 11.3 Å². The third kappa shape index (κ3) is 3.27. The Morgan fingerprint density at radius 3 is 2.65 bits per heavy atom. The fraction of sp³-hybridized carbons (Fsp3) is 0.133. The summed E-state index contributed by atoms with van der Waals surface area (Å²) in [5.74, 6) is -1.32. The Kier molecular flexibility index (Phi) is 4.25. The van der Waals surface area contributed by atoms with E-state index in [1.54, 1.807) is 18.2 Å². The molecule has 0 saturated heterocycles. The number of benzene rings is 2. The molecule has 0 aliphatic heterocycles. The van der Waals surface area contributed by atoms with Gasteiger partial charge in [0.15, 0.2) is 0 Å². The number of rotatable bonds is 4. The van der Waals surface area contributed by atoms with Gasteiger partial charge < -0.3 is 10.0 Å². The summed E-state index contributed by atoms with van der Waals surface area (Å²) >= 11 is 6.07. The van der Waals surface area contributed by atoms with Crippen LogP contribution in [0, 0.1) is 5.82 Å². The summed E-state index contributed by atoms with van der Waals surface area (Å²) in [6, 6.07) is 10.8. The molecule has 0 fully saturated rings. The molecule has 104 valence electrons. The molecule has 3 nitrogen and oxygen atoms in total. The van der Waals surface area contributed by atoms with E-state index in [-0.39, 0.29) is 11.4 Å². The Bertz CT molecular complexity index is 646. The lowest BCUT2D eigenvalue weighted by molar-refractivity contribution is 0.0697. The minimum atomic E-state index is -1.02. The number of hydrogen-bond acceptors (Lipinski definition) is 2. The summed E-state index contributed by atoms with van der Waals surface area (Å²) in [4.78, 5) is 12.7. The Morgan fingerprint density at radius 2 is 2.05 bits per heavy atom. The van der Waals surface area contributed by atoms with Crippen molar-refractivity contribution in [2.75, 3.05) is 11.9 Å². The van der Waals surface area contributed by atoms with Crippen LogP contribution >= 0.6 is 11.6 Å². The van der Waals surface area contributed by atoms with Crippen molar-refractivity contribution < 1.29 is 14.3 Å². The first kappa shape index (κ1) is 14.3. The standard InChI is InChI=1S/C15H13ClFNO2/c1-18(13-4-2-3-12(17)8-13)9-11-6-5-10(15(19)20)7-14(11)16/h2-8H,9H2,1H3,(H,19,20). The molecule has 0 saturated carbocycles. The van der Waals surface area contributed by atoms with E-state index < -0.39 is 5.97 Å². The molecule has 0 atom stereocenters. The topological polar surface area (TPSA) is 40.5 Å². The van der Waals surface area contributed by atoms with Gasteiger partial charge in [0.05, 0.1) is 5.56 Å². The molecule has 2 aromatic rings. The lowest BCUT2D eigenvalue weighted by Crippen LogP contribution is -2.16. The molecule has 0 aliphatic rings. The second-order valence-electron chi connectivity index (χ2n) is 4.45. The monoisotopic (exact) mass is 293 g/mol. The molecule has 5 heteroatoms. The number of carboxylic acid groups (broad SMARTS) is 1. The molecule has 0 radical (unpaired) electrons. The summed E-state index contributed by atoms with van der Waals surface area (Å²) in [6.45, 7) is 0.461. The maximum absolute atomic E-state index is 13.2. The minimum absolute atomic E-state index is 0.146. The first-order valence-corrected chi connectivity index (χ1v) is 6.33. The molecule has 2 rings (SSSR count). The zero-order valence-electron chi connectivity index (χ0n) is 10.8. The molecule has 0 aliphatic carbocycles. The highest BCUT2D eigenvalue weighted by molar-refractivity contribution is 6.31. The molecular weight excluding hydrogens is 281 g/mol. The first-order valence-electron chi connectivity index (χ1n) is 5.96. The third-order valence-electron chi connectivity index (χ3n) is 2.96. The molecule has 0 amide bonds. The molecule has 0 aromatic heterocycles. The van der Waals surface area contributed by atoms with Crippen LogP contribution in [0.15, 0.2) is 42.5 Å². The van der Waals surface area contributed by atoms with Crippen LogP contribution in [0.5, 0.6) is 0 Å². The number of carboxylic acids is 1. The number of nitrogens with zero attached hydrogens (tertiary/aromatic N) is 1. The lowest BCUT2D eigenvalue weighted by Gasteiger charge is -2.20. The van der Waals surface area contributed by atoms with Crippen molar-refractivity contribution in [3.63, 3.8) is 0 Å². The third-order valence-corrected chi connectivity index (χ3v) is 3.31. The van der Waals surface area contributed by atoms with Crippen molar-refractivity contribution >= 4 is 23.3 Å². The first-order chi connectivity index (χ1) is 9.47. The second-order valence-corrected chi connectivity index (χ2v) is 4.85. The van der Waals surface area contributed by atoms with Crippen LogP contribution in [0.4, 0.5) is 10.1 Å². The van der Waals surface area contributed by atoms with Crippen molar-refractivity contribution in [3.05, 3.63) is 64.4 Å². The van der Waals surface area contributed by atoms with E-state index in [4.69, 9.17) is 16.7 Å². The predicted molar refractivity (Wildman–Crippen MR) is 76.9 cm³/mol. The normalized spacial score (nSPS) is 10.3. The van der Waals surface area contributed by atoms with Crippen molar-refractivity contribution in [3.8, 4) is 0 Å². The van der Waals surface area contributed by atoms with Gasteiger partial charge >= 0.3 is 5.97 Å². The van der Waals surface area contributed by atoms with Gasteiger partial charge in [0, 0.05) is 24.3 Å². The van der Waals surface area contributed by atoms with Gasteiger partial charge in [-0.1, -0.05) is 23.7 Å². The molecule has 1 N–H and O–H groups in total. The van der Waals surface area contributed by atoms with Crippen molar-refractivity contribution in [2.24, 2.45) is 0 Å². The van der Waals surface area contributed by atoms with Crippen LogP contribution in [0.1, 0.15) is 15.9 Å². The predicted octanol–water partition coefficient (Wildman–Crippen LogP) is 3.81. The van der Waals surface area contributed by atoms with Crippen molar-refractivity contribution in [1.29, 1.82) is 0 Å². The number of anilines is 1. The number of halogens is 2. The fourth-order valence-corrected chi connectivity index (χ4v) is 2.11. The molecule has 2 aromatic carbocycles. The van der Waals surface area contributed by atoms with E-state index in [9.17, 15) is 9.18 Å². The van der Waals surface area contributed by atoms with Crippen LogP contribution in [0.2, 0.25) is 5.02 Å². The zero-order valence-corrected chi connectivity index (χ0v) is 11.6. The second kappa shape index (κ2) is 5.92. The van der Waals surface area contributed by atoms with Gasteiger partial charge in [0.1, 0.15) is 5.82 Å². The van der Waals surface area contributed by atoms with Crippen LogP contribution in [-0.2, 0) is 6.54 Å². The van der Waals surface area contributed by atoms with Crippen molar-refractivity contribution in [1.82, 2.24) is 0 Å². The van der Waals surface area contributed by atoms with Crippen LogP contribution in [0.3, 0.4) is 0 Å². The van der Waals surface area contributed by atoms with E-state index in [1.165, 1.54) is 24.3 Å². The molecule has 0 bridgehead atoms. The highest BCUT2D eigenvalue weighted by Crippen LogP contribution is 2.22. The summed E-state index contributed by atoms with van der Waals surface area (Å²) in [7, 11) is 1.82. The molecule has 0 spiro atoms. The number of carbonyl (C=O) groups is 1. The van der Waals surface area contributed by atoms with E-state index in [1.807, 2.05) is 11.9 Å². The molecule has 0 unspecified atom stereocenters. The Hall–Kier alpha value is -2.07. The summed E-state index contributed by atoms with van der Waals surface area (Å²) in [5, 5.41) is 9.26. The van der Waals surface area contributed by atoms with Crippen LogP contribution in [0.25, 0.3) is 0 Å². The SMILES string of the molecule is CN(Cc1ccc(C(=O)O)cc1Cl)c1cccc(F)c1. The van der Waals surface area contributed by atoms with Gasteiger partial charge in [-0.15, -0.1) is 0 Å². The summed E-state index contributed by atoms with van der Waals surface area (Å²) in [5.41, 5.74) is 1.65. The quantitative estimate of drug-likeness (QED) is 0.932. The smallest absolute Gasteiger partial charge is 0.335 e. The zero-order chi connectivity index (χ0) is 14.7. The van der Waals surface area contributed by atoms with Crippen molar-refractivity contribution in [2.45, 2.75) is 6.54 Å². The Labute approximate surface area is 121 Å². The average molecular weight is 294 g/mol. The van der Waals surface area contributed by atoms with Gasteiger partial charge in [0.25, 0.3) is 0 Å². The van der Waals surface area contributed by atoms with E-state index in [2.05, 4.69) is 0 Å². The van der Waals surface area contributed by atoms with E-state index in [0.29, 0.717) is 11.6 Å². The maximum atomic E-state index is 13.2. The minimum Gasteiger partial charge on any atom is -0.478 e. The summed E-state index contributed by atoms with van der Waals surface area (Å²) < 4.78 is 13.2. The van der Waals surface area contributed by atoms with Gasteiger partial charge in [-0.05, 0) is 35.9 Å². The van der Waals surface area contributed by atoms with E-state index >= 15 is 0 Å².